The number of ether oxygens (including phenoxy) is 6. The van der Waals surface area contributed by atoms with E-state index in [0.717, 1.165) is 74.1 Å². The van der Waals surface area contributed by atoms with Gasteiger partial charge in [0.15, 0.2) is 34.5 Å². The minimum Gasteiger partial charge on any atom is -0.486 e. The summed E-state index contributed by atoms with van der Waals surface area (Å²) < 4.78 is 38.8. The molecule has 1 aromatic heterocycles. The predicted octanol–water partition coefficient (Wildman–Crippen LogP) is 9.51. The molecule has 5 aliphatic heterocycles. The summed E-state index contributed by atoms with van der Waals surface area (Å²) in [6, 6.07) is 24.9. The van der Waals surface area contributed by atoms with Gasteiger partial charge in [-0.3, -0.25) is 0 Å². The number of nitrogens with zero attached hydrogens (tertiary/aromatic N) is 2. The third-order valence-corrected chi connectivity index (χ3v) is 13.5. The fraction of sp³-hybridized carbons (Fsp3) is 0.333. The molecule has 10 heteroatoms. The van der Waals surface area contributed by atoms with Crippen LogP contribution in [0.2, 0.25) is 0 Å². The molecule has 0 atom stereocenters. The second kappa shape index (κ2) is 12.5. The van der Waals surface area contributed by atoms with Gasteiger partial charge in [0.2, 0.25) is 0 Å². The van der Waals surface area contributed by atoms with Gasteiger partial charge in [-0.25, -0.2) is 0 Å². The zero-order valence-corrected chi connectivity index (χ0v) is 35.2. The average molecular weight is 791 g/mol. The Kier molecular flexibility index (Phi) is 7.70. The molecule has 8 nitrogen and oxygen atoms in total. The van der Waals surface area contributed by atoms with E-state index in [1.807, 2.05) is 17.4 Å². The van der Waals surface area contributed by atoms with Gasteiger partial charge in [0.25, 0.3) is 6.71 Å². The van der Waals surface area contributed by atoms with Crippen molar-refractivity contribution in [3.05, 3.63) is 89.0 Å². The van der Waals surface area contributed by atoms with E-state index in [1.165, 1.54) is 42.6 Å². The van der Waals surface area contributed by atoms with Gasteiger partial charge in [0.1, 0.15) is 39.6 Å². The first-order valence-electron chi connectivity index (χ1n) is 20.4. The Morgan fingerprint density at radius 3 is 1.88 bits per heavy atom. The van der Waals surface area contributed by atoms with Crippen LogP contribution in [0.4, 0.5) is 33.4 Å². The molecule has 0 bridgehead atoms. The molecule has 0 radical (unpaired) electrons. The van der Waals surface area contributed by atoms with Crippen LogP contribution < -0.4 is 54.6 Å². The van der Waals surface area contributed by atoms with Crippen molar-refractivity contribution in [1.29, 1.82) is 0 Å². The molecule has 0 N–H and O–H groups in total. The van der Waals surface area contributed by atoms with Gasteiger partial charge in [0, 0.05) is 39.5 Å². The number of benzene rings is 5. The van der Waals surface area contributed by atoms with Crippen LogP contribution >= 0.6 is 11.3 Å². The Morgan fingerprint density at radius 2 is 1.17 bits per heavy atom. The van der Waals surface area contributed by atoms with E-state index in [-0.39, 0.29) is 17.5 Å². The number of fused-ring (bicyclic) bond motifs is 9. The smallest absolute Gasteiger partial charge is 0.254 e. The molecule has 5 aliphatic rings. The van der Waals surface area contributed by atoms with Gasteiger partial charge in [0.05, 0.1) is 16.4 Å². The zero-order valence-electron chi connectivity index (χ0n) is 34.4. The fourth-order valence-corrected chi connectivity index (χ4v) is 10.7. The van der Waals surface area contributed by atoms with Crippen molar-refractivity contribution in [2.75, 3.05) is 49.4 Å². The normalized spacial score (nSPS) is 16.2. The van der Waals surface area contributed by atoms with E-state index < -0.39 is 0 Å². The molecule has 6 aromatic rings. The summed E-state index contributed by atoms with van der Waals surface area (Å²) in [5, 5.41) is 2.49. The summed E-state index contributed by atoms with van der Waals surface area (Å²) in [6.45, 7) is 21.2. The molecule has 0 spiro atoms. The van der Waals surface area contributed by atoms with Crippen LogP contribution in [-0.2, 0) is 10.8 Å². The molecule has 0 saturated heterocycles. The first-order valence-corrected chi connectivity index (χ1v) is 21.3. The molecule has 58 heavy (non-hydrogen) atoms. The third kappa shape index (κ3) is 5.26. The Morgan fingerprint density at radius 1 is 0.552 bits per heavy atom. The van der Waals surface area contributed by atoms with Gasteiger partial charge < -0.3 is 38.2 Å². The van der Waals surface area contributed by atoms with Crippen molar-refractivity contribution < 1.29 is 28.4 Å². The van der Waals surface area contributed by atoms with Gasteiger partial charge in [-0.05, 0) is 106 Å². The van der Waals surface area contributed by atoms with Crippen LogP contribution in [-0.4, -0.2) is 46.4 Å². The number of hydrogen-bond donors (Lipinski definition) is 0. The number of rotatable bonds is 2. The minimum absolute atomic E-state index is 0.0329. The number of anilines is 6. The largest absolute Gasteiger partial charge is 0.486 e. The molecule has 6 heterocycles. The predicted molar refractivity (Wildman–Crippen MR) is 236 cm³/mol. The lowest BCUT2D eigenvalue weighted by molar-refractivity contribution is 0.170. The van der Waals surface area contributed by atoms with Crippen LogP contribution in [0.15, 0.2) is 66.7 Å². The highest BCUT2D eigenvalue weighted by Gasteiger charge is 2.47. The van der Waals surface area contributed by atoms with Crippen molar-refractivity contribution in [3.8, 4) is 34.5 Å². The third-order valence-electron chi connectivity index (χ3n) is 12.3. The second-order valence-electron chi connectivity index (χ2n) is 18.1. The fourth-order valence-electron chi connectivity index (χ4n) is 9.47. The first-order chi connectivity index (χ1) is 27.8. The standard InChI is InChI=1S/C48H47BN2O6S/c1-26-19-40-45(57-18-17-56-40)27(2)44(26)51-35-22-29(48(6,7)8)21-34-43(35)49(42-31-20-28(47(3,4)5)9-12-41(31)58-46(42)51)32-24-38-39(55-16-15-54-38)25-33(32)50(34)30-10-11-36-37(23-30)53-14-13-52-36/h9-12,19-25H,13-18H2,1-8H3. The topological polar surface area (TPSA) is 61.9 Å². The van der Waals surface area contributed by atoms with Crippen LogP contribution in [0.5, 0.6) is 34.5 Å². The summed E-state index contributed by atoms with van der Waals surface area (Å²) in [5.74, 6) is 4.67. The summed E-state index contributed by atoms with van der Waals surface area (Å²) in [6.07, 6.45) is 0. The van der Waals surface area contributed by atoms with Gasteiger partial charge in [-0.2, -0.15) is 0 Å². The molecular formula is C48H47BN2O6S. The lowest BCUT2D eigenvalue weighted by Crippen LogP contribution is -2.61. The van der Waals surface area contributed by atoms with Gasteiger partial charge in [-0.15, -0.1) is 11.3 Å². The van der Waals surface area contributed by atoms with E-state index in [1.54, 1.807) is 0 Å². The highest BCUT2D eigenvalue weighted by molar-refractivity contribution is 7.26. The summed E-state index contributed by atoms with van der Waals surface area (Å²) >= 11 is 1.87. The molecule has 294 valence electrons. The lowest BCUT2D eigenvalue weighted by atomic mass is 9.33. The molecule has 0 unspecified atom stereocenters. The SMILES string of the molecule is Cc1cc2c(c(C)c1N1c3cc(C(C)(C)C)cc4c3B(c3cc5c(cc3N4c3ccc4c(c3)OCCO4)OCCO5)c3c1sc1ccc(C(C)(C)C)cc31)OCCO2. The van der Waals surface area contributed by atoms with E-state index >= 15 is 0 Å². The first kappa shape index (κ1) is 35.7. The molecule has 0 aliphatic carbocycles. The molecule has 0 saturated carbocycles. The minimum atomic E-state index is -0.169. The van der Waals surface area contributed by atoms with Crippen molar-refractivity contribution in [2.24, 2.45) is 0 Å². The Balaban J connectivity index is 1.29. The van der Waals surface area contributed by atoms with Crippen molar-refractivity contribution in [1.82, 2.24) is 0 Å². The van der Waals surface area contributed by atoms with Crippen LogP contribution in [0.25, 0.3) is 10.1 Å². The van der Waals surface area contributed by atoms with Crippen LogP contribution in [0.3, 0.4) is 0 Å². The maximum absolute atomic E-state index is 6.40. The highest BCUT2D eigenvalue weighted by Crippen LogP contribution is 2.54. The average Bonchev–Trinajstić information content (AvgIpc) is 3.58. The number of thiophene rings is 1. The number of aryl methyl sites for hydroxylation is 1. The summed E-state index contributed by atoms with van der Waals surface area (Å²) in [4.78, 5) is 4.97. The molecular weight excluding hydrogens is 743 g/mol. The van der Waals surface area contributed by atoms with E-state index in [4.69, 9.17) is 28.4 Å². The maximum Gasteiger partial charge on any atom is 0.254 e. The van der Waals surface area contributed by atoms with Crippen molar-refractivity contribution in [3.63, 3.8) is 0 Å². The van der Waals surface area contributed by atoms with Crippen LogP contribution in [0.1, 0.15) is 63.8 Å². The second-order valence-corrected chi connectivity index (χ2v) is 19.2. The van der Waals surface area contributed by atoms with Crippen molar-refractivity contribution in [2.45, 2.75) is 66.2 Å². The van der Waals surface area contributed by atoms with Gasteiger partial charge >= 0.3 is 0 Å². The van der Waals surface area contributed by atoms with Crippen LogP contribution in [0, 0.1) is 13.8 Å². The zero-order chi connectivity index (χ0) is 39.8. The monoisotopic (exact) mass is 790 g/mol. The van der Waals surface area contributed by atoms with E-state index in [0.29, 0.717) is 39.6 Å². The molecule has 0 fully saturated rings. The number of hydrogen-bond acceptors (Lipinski definition) is 9. The maximum atomic E-state index is 6.40. The van der Waals surface area contributed by atoms with E-state index in [2.05, 4.69) is 126 Å². The summed E-state index contributed by atoms with van der Waals surface area (Å²) in [5.41, 5.74) is 13.7. The Bertz CT molecular complexity index is 2730. The Labute approximate surface area is 344 Å². The Hall–Kier alpha value is -5.48. The highest BCUT2D eigenvalue weighted by atomic mass is 32.1. The summed E-state index contributed by atoms with van der Waals surface area (Å²) in [7, 11) is 0. The molecule has 11 rings (SSSR count). The van der Waals surface area contributed by atoms with E-state index in [9.17, 15) is 0 Å². The van der Waals surface area contributed by atoms with Crippen molar-refractivity contribution >= 4 is 78.0 Å². The molecule has 0 amide bonds. The quantitative estimate of drug-likeness (QED) is 0.161. The lowest BCUT2D eigenvalue weighted by Gasteiger charge is -2.45. The molecule has 5 aromatic carbocycles. The van der Waals surface area contributed by atoms with Gasteiger partial charge in [-0.1, -0.05) is 53.7 Å².